The number of hydrogen-bond acceptors (Lipinski definition) is 5. The summed E-state index contributed by atoms with van der Waals surface area (Å²) in [5, 5.41) is 29.0. The van der Waals surface area contributed by atoms with Crippen molar-refractivity contribution in [3.8, 4) is 28.6 Å². The number of phenols is 3. The second kappa shape index (κ2) is 4.80. The Hall–Kier alpha value is -2.95. The minimum atomic E-state index is -0.362. The zero-order valence-electron chi connectivity index (χ0n) is 12.0. The van der Waals surface area contributed by atoms with Gasteiger partial charge in [0.2, 0.25) is 0 Å². The quantitative estimate of drug-likeness (QED) is 0.642. The fourth-order valence-corrected chi connectivity index (χ4v) is 2.44. The molecule has 3 aromatic rings. The van der Waals surface area contributed by atoms with Crippen LogP contribution in [0.4, 0.5) is 0 Å². The first kappa shape index (κ1) is 14.0. The maximum Gasteiger partial charge on any atom is 0.199 e. The normalized spacial score (nSPS) is 11.0. The summed E-state index contributed by atoms with van der Waals surface area (Å²) >= 11 is 0. The van der Waals surface area contributed by atoms with Crippen LogP contribution in [0.1, 0.15) is 11.1 Å². The first-order valence-electron chi connectivity index (χ1n) is 6.68. The van der Waals surface area contributed by atoms with E-state index < -0.39 is 0 Å². The zero-order valence-corrected chi connectivity index (χ0v) is 12.0. The van der Waals surface area contributed by atoms with Crippen molar-refractivity contribution in [3.63, 3.8) is 0 Å². The Morgan fingerprint density at radius 2 is 1.68 bits per heavy atom. The molecular formula is C17H14O5. The Kier molecular flexibility index (Phi) is 3.06. The molecule has 0 bridgehead atoms. The predicted octanol–water partition coefficient (Wildman–Crippen LogP) is 3.19. The summed E-state index contributed by atoms with van der Waals surface area (Å²) in [7, 11) is 0. The number of aryl methyl sites for hydroxylation is 1. The highest BCUT2D eigenvalue weighted by atomic mass is 16.3. The lowest BCUT2D eigenvalue weighted by Gasteiger charge is -2.09. The summed E-state index contributed by atoms with van der Waals surface area (Å²) in [5.74, 6) is -0.0180. The van der Waals surface area contributed by atoms with Gasteiger partial charge in [-0.25, -0.2) is 0 Å². The Morgan fingerprint density at radius 1 is 0.955 bits per heavy atom. The van der Waals surface area contributed by atoms with E-state index >= 15 is 0 Å². The smallest absolute Gasteiger partial charge is 0.199 e. The lowest BCUT2D eigenvalue weighted by atomic mass is 10.0. The third-order valence-corrected chi connectivity index (χ3v) is 3.65. The second-order valence-electron chi connectivity index (χ2n) is 5.22. The van der Waals surface area contributed by atoms with Gasteiger partial charge in [0.1, 0.15) is 34.0 Å². The monoisotopic (exact) mass is 298 g/mol. The maximum absolute atomic E-state index is 12.5. The van der Waals surface area contributed by atoms with E-state index in [-0.39, 0.29) is 33.6 Å². The van der Waals surface area contributed by atoms with Gasteiger partial charge in [-0.05, 0) is 37.6 Å². The summed E-state index contributed by atoms with van der Waals surface area (Å²) in [6.07, 6.45) is 0. The highest BCUT2D eigenvalue weighted by molar-refractivity contribution is 5.87. The predicted molar refractivity (Wildman–Crippen MR) is 82.4 cm³/mol. The average molecular weight is 298 g/mol. The molecule has 0 aliphatic carbocycles. The van der Waals surface area contributed by atoms with Crippen molar-refractivity contribution in [1.29, 1.82) is 0 Å². The number of benzene rings is 2. The van der Waals surface area contributed by atoms with E-state index in [0.717, 1.165) is 6.07 Å². The van der Waals surface area contributed by atoms with Crippen LogP contribution in [0.3, 0.4) is 0 Å². The van der Waals surface area contributed by atoms with Gasteiger partial charge < -0.3 is 19.7 Å². The van der Waals surface area contributed by atoms with E-state index in [1.165, 1.54) is 12.1 Å². The van der Waals surface area contributed by atoms with Gasteiger partial charge in [-0.15, -0.1) is 0 Å². The van der Waals surface area contributed by atoms with Crippen LogP contribution in [0.25, 0.3) is 22.3 Å². The molecule has 0 aliphatic heterocycles. The Morgan fingerprint density at radius 3 is 2.36 bits per heavy atom. The van der Waals surface area contributed by atoms with Crippen LogP contribution in [0.2, 0.25) is 0 Å². The van der Waals surface area contributed by atoms with Gasteiger partial charge in [0.15, 0.2) is 5.43 Å². The zero-order chi connectivity index (χ0) is 16.0. The molecule has 22 heavy (non-hydrogen) atoms. The number of hydrogen-bond donors (Lipinski definition) is 3. The summed E-state index contributed by atoms with van der Waals surface area (Å²) in [4.78, 5) is 12.5. The van der Waals surface area contributed by atoms with Crippen molar-refractivity contribution < 1.29 is 19.7 Å². The molecule has 0 atom stereocenters. The van der Waals surface area contributed by atoms with Gasteiger partial charge in [0.05, 0.1) is 0 Å². The lowest BCUT2D eigenvalue weighted by Crippen LogP contribution is -2.07. The molecule has 3 rings (SSSR count). The highest BCUT2D eigenvalue weighted by Gasteiger charge is 2.16. The summed E-state index contributed by atoms with van der Waals surface area (Å²) in [6, 6.07) is 7.25. The first-order valence-corrected chi connectivity index (χ1v) is 6.68. The van der Waals surface area contributed by atoms with Crippen LogP contribution in [-0.2, 0) is 0 Å². The summed E-state index contributed by atoms with van der Waals surface area (Å²) in [5.41, 5.74) is 1.37. The molecule has 0 spiro atoms. The van der Waals surface area contributed by atoms with Gasteiger partial charge in [-0.2, -0.15) is 0 Å². The summed E-state index contributed by atoms with van der Waals surface area (Å²) in [6.45, 7) is 3.35. The van der Waals surface area contributed by atoms with E-state index in [1.54, 1.807) is 26.0 Å². The largest absolute Gasteiger partial charge is 0.508 e. The van der Waals surface area contributed by atoms with E-state index in [0.29, 0.717) is 22.5 Å². The number of rotatable bonds is 1. The first-order chi connectivity index (χ1) is 10.4. The topological polar surface area (TPSA) is 90.9 Å². The number of aromatic hydroxyl groups is 3. The molecule has 1 aromatic heterocycles. The van der Waals surface area contributed by atoms with Crippen molar-refractivity contribution in [2.24, 2.45) is 0 Å². The third-order valence-electron chi connectivity index (χ3n) is 3.65. The van der Waals surface area contributed by atoms with E-state index in [4.69, 9.17) is 4.42 Å². The third kappa shape index (κ3) is 2.07. The summed E-state index contributed by atoms with van der Waals surface area (Å²) < 4.78 is 5.71. The van der Waals surface area contributed by atoms with Crippen LogP contribution in [-0.4, -0.2) is 15.3 Å². The number of phenolic OH excluding ortho intramolecular Hbond substituents is 3. The minimum Gasteiger partial charge on any atom is -0.508 e. The van der Waals surface area contributed by atoms with Crippen molar-refractivity contribution in [3.05, 3.63) is 51.7 Å². The number of fused-ring (bicyclic) bond motifs is 1. The highest BCUT2D eigenvalue weighted by Crippen LogP contribution is 2.33. The van der Waals surface area contributed by atoms with Crippen molar-refractivity contribution in [1.82, 2.24) is 0 Å². The van der Waals surface area contributed by atoms with Crippen LogP contribution in [0.5, 0.6) is 17.2 Å². The van der Waals surface area contributed by atoms with Crippen LogP contribution >= 0.6 is 0 Å². The molecule has 2 aromatic carbocycles. The molecule has 0 aliphatic rings. The molecule has 1 heterocycles. The molecular weight excluding hydrogens is 284 g/mol. The van der Waals surface area contributed by atoms with Gasteiger partial charge in [-0.3, -0.25) is 4.79 Å². The average Bonchev–Trinajstić information content (AvgIpc) is 2.45. The van der Waals surface area contributed by atoms with Crippen molar-refractivity contribution in [2.75, 3.05) is 0 Å². The van der Waals surface area contributed by atoms with Crippen molar-refractivity contribution in [2.45, 2.75) is 13.8 Å². The van der Waals surface area contributed by atoms with Crippen LogP contribution < -0.4 is 5.43 Å². The molecule has 3 N–H and O–H groups in total. The van der Waals surface area contributed by atoms with E-state index in [1.807, 2.05) is 0 Å². The minimum absolute atomic E-state index is 0.0366. The van der Waals surface area contributed by atoms with E-state index in [2.05, 4.69) is 0 Å². The van der Waals surface area contributed by atoms with Crippen molar-refractivity contribution >= 4 is 11.0 Å². The SMILES string of the molecule is Cc1cc(-c2oc3cc(O)cc(O)c3c(=O)c2C)ccc1O. The molecule has 112 valence electrons. The Labute approximate surface area is 125 Å². The van der Waals surface area contributed by atoms with E-state index in [9.17, 15) is 20.1 Å². The molecule has 0 saturated heterocycles. The van der Waals surface area contributed by atoms with Crippen LogP contribution in [0.15, 0.2) is 39.5 Å². The van der Waals surface area contributed by atoms with Crippen LogP contribution in [0, 0.1) is 13.8 Å². The molecule has 0 radical (unpaired) electrons. The fourth-order valence-electron chi connectivity index (χ4n) is 2.44. The Bertz CT molecular complexity index is 953. The molecule has 0 fully saturated rings. The van der Waals surface area contributed by atoms with Gasteiger partial charge >= 0.3 is 0 Å². The molecule has 0 unspecified atom stereocenters. The fraction of sp³-hybridized carbons (Fsp3) is 0.118. The lowest BCUT2D eigenvalue weighted by molar-refractivity contribution is 0.452. The maximum atomic E-state index is 12.5. The molecule has 0 amide bonds. The van der Waals surface area contributed by atoms with Gasteiger partial charge in [-0.1, -0.05) is 0 Å². The molecule has 5 nitrogen and oxygen atoms in total. The standard InChI is InChI=1S/C17H14O5/c1-8-5-10(3-4-12(8)19)17-9(2)16(21)15-13(20)6-11(18)7-14(15)22-17/h3-7,18-20H,1-2H3. The molecule has 0 saturated carbocycles. The van der Waals surface area contributed by atoms with Gasteiger partial charge in [0, 0.05) is 23.3 Å². The molecule has 5 heteroatoms. The Balaban J connectivity index is 2.38. The van der Waals surface area contributed by atoms with Gasteiger partial charge in [0.25, 0.3) is 0 Å². The second-order valence-corrected chi connectivity index (χ2v) is 5.22.